The molecule has 0 radical (unpaired) electrons. The minimum absolute atomic E-state index is 0.0274. The van der Waals surface area contributed by atoms with Crippen LogP contribution in [-0.2, 0) is 10.5 Å². The van der Waals surface area contributed by atoms with Gasteiger partial charge < -0.3 is 10.0 Å². The molecule has 3 nitrogen and oxygen atoms in total. The van der Waals surface area contributed by atoms with E-state index in [1.54, 1.807) is 11.8 Å². The van der Waals surface area contributed by atoms with Crippen molar-refractivity contribution in [2.24, 2.45) is 0 Å². The van der Waals surface area contributed by atoms with E-state index in [1.165, 1.54) is 11.1 Å². The number of nitrogens with zero attached hydrogens (tertiary/aromatic N) is 1. The van der Waals surface area contributed by atoms with Gasteiger partial charge in [-0.05, 0) is 25.3 Å². The Kier molecular flexibility index (Phi) is 6.58. The van der Waals surface area contributed by atoms with Gasteiger partial charge in [-0.25, -0.2) is 0 Å². The molecule has 1 N–H and O–H groups in total. The minimum Gasteiger partial charge on any atom is -0.394 e. The fourth-order valence-corrected chi connectivity index (χ4v) is 3.69. The van der Waals surface area contributed by atoms with Crippen LogP contribution in [0.3, 0.4) is 0 Å². The highest BCUT2D eigenvalue weighted by Crippen LogP contribution is 2.19. The quantitative estimate of drug-likeness (QED) is 0.909. The highest BCUT2D eigenvalue weighted by molar-refractivity contribution is 7.99. The van der Waals surface area contributed by atoms with Crippen molar-refractivity contribution >= 4 is 17.7 Å². The Morgan fingerprint density at radius 1 is 1.38 bits per heavy atom. The Bertz CT molecular complexity index is 464. The van der Waals surface area contributed by atoms with E-state index >= 15 is 0 Å². The molecule has 1 unspecified atom stereocenters. The maximum absolute atomic E-state index is 12.4. The molecule has 1 atom stereocenters. The maximum atomic E-state index is 12.4. The molecule has 0 aliphatic carbocycles. The topological polar surface area (TPSA) is 40.5 Å². The molecule has 1 aliphatic rings. The lowest BCUT2D eigenvalue weighted by molar-refractivity contribution is -0.131. The van der Waals surface area contributed by atoms with Crippen LogP contribution in [0.25, 0.3) is 0 Å². The molecule has 1 aromatic carbocycles. The van der Waals surface area contributed by atoms with Crippen molar-refractivity contribution in [3.8, 4) is 0 Å². The second-order valence-electron chi connectivity index (χ2n) is 5.75. The molecular weight excluding hydrogens is 282 g/mol. The summed E-state index contributed by atoms with van der Waals surface area (Å²) in [5.74, 6) is 1.55. The predicted octanol–water partition coefficient (Wildman–Crippen LogP) is 2.99. The maximum Gasteiger partial charge on any atom is 0.232 e. The fourth-order valence-electron chi connectivity index (χ4n) is 2.84. The van der Waals surface area contributed by atoms with E-state index in [9.17, 15) is 9.90 Å². The van der Waals surface area contributed by atoms with Crippen LogP contribution in [0.1, 0.15) is 36.8 Å². The van der Waals surface area contributed by atoms with Crippen LogP contribution in [0.5, 0.6) is 0 Å². The number of carbonyl (C=O) groups is 1. The van der Waals surface area contributed by atoms with Crippen molar-refractivity contribution in [2.45, 2.75) is 44.4 Å². The largest absolute Gasteiger partial charge is 0.394 e. The van der Waals surface area contributed by atoms with Crippen LogP contribution in [0.4, 0.5) is 0 Å². The molecule has 1 fully saturated rings. The molecule has 21 heavy (non-hydrogen) atoms. The Balaban J connectivity index is 1.82. The van der Waals surface area contributed by atoms with E-state index in [1.807, 2.05) is 4.90 Å². The number of aliphatic hydroxyl groups is 1. The summed E-state index contributed by atoms with van der Waals surface area (Å²) >= 11 is 1.66. The smallest absolute Gasteiger partial charge is 0.232 e. The second kappa shape index (κ2) is 8.44. The normalized spacial score (nSPS) is 19.3. The number of hydrogen-bond donors (Lipinski definition) is 1. The molecule has 0 spiro atoms. The van der Waals surface area contributed by atoms with Gasteiger partial charge in [-0.2, -0.15) is 0 Å². The average molecular weight is 307 g/mol. The number of hydrogen-bond acceptors (Lipinski definition) is 3. The molecular formula is C17H25NO2S. The van der Waals surface area contributed by atoms with Crippen molar-refractivity contribution in [1.29, 1.82) is 0 Å². The highest BCUT2D eigenvalue weighted by atomic mass is 32.2. The number of carbonyl (C=O) groups excluding carboxylic acids is 1. The van der Waals surface area contributed by atoms with Gasteiger partial charge in [-0.1, -0.05) is 42.7 Å². The molecule has 1 aliphatic heterocycles. The lowest BCUT2D eigenvalue weighted by Crippen LogP contribution is -2.43. The van der Waals surface area contributed by atoms with Crippen LogP contribution in [0.2, 0.25) is 0 Å². The highest BCUT2D eigenvalue weighted by Gasteiger charge is 2.24. The summed E-state index contributed by atoms with van der Waals surface area (Å²) in [7, 11) is 0. The molecule has 116 valence electrons. The summed E-state index contributed by atoms with van der Waals surface area (Å²) in [6, 6.07) is 8.44. The van der Waals surface area contributed by atoms with Crippen LogP contribution >= 0.6 is 11.8 Å². The summed E-state index contributed by atoms with van der Waals surface area (Å²) in [4.78, 5) is 14.3. The number of thioether (sulfide) groups is 1. The van der Waals surface area contributed by atoms with Gasteiger partial charge in [0.25, 0.3) is 0 Å². The van der Waals surface area contributed by atoms with Gasteiger partial charge in [0.2, 0.25) is 5.91 Å². The number of aliphatic hydroxyl groups excluding tert-OH is 1. The van der Waals surface area contributed by atoms with E-state index < -0.39 is 0 Å². The lowest BCUT2D eigenvalue weighted by Gasteiger charge is -2.28. The first kappa shape index (κ1) is 16.4. The van der Waals surface area contributed by atoms with Crippen molar-refractivity contribution in [3.05, 3.63) is 35.4 Å². The standard InChI is InChI=1S/C17H25NO2S/c1-14-6-5-7-15(10-14)12-21-13-17(20)18-9-4-2-3-8-16(18)11-19/h5-7,10,16,19H,2-4,8-9,11-13H2,1H3. The van der Waals surface area contributed by atoms with Gasteiger partial charge in [0.1, 0.15) is 0 Å². The van der Waals surface area contributed by atoms with Gasteiger partial charge in [-0.15, -0.1) is 11.8 Å². The number of benzene rings is 1. The number of amides is 1. The second-order valence-corrected chi connectivity index (χ2v) is 6.74. The molecule has 0 bridgehead atoms. The number of likely N-dealkylation sites (tertiary alicyclic amines) is 1. The first-order valence-corrected chi connectivity index (χ1v) is 8.90. The molecule has 0 aromatic heterocycles. The molecule has 1 heterocycles. The summed E-state index contributed by atoms with van der Waals surface area (Å²) in [6.45, 7) is 2.98. The van der Waals surface area contributed by atoms with Crippen LogP contribution in [-0.4, -0.2) is 40.9 Å². The van der Waals surface area contributed by atoms with Crippen molar-refractivity contribution in [3.63, 3.8) is 0 Å². The third kappa shape index (κ3) is 5.04. The van der Waals surface area contributed by atoms with Gasteiger partial charge in [0, 0.05) is 12.3 Å². The number of rotatable bonds is 5. The van der Waals surface area contributed by atoms with Gasteiger partial charge in [0.15, 0.2) is 0 Å². The summed E-state index contributed by atoms with van der Waals surface area (Å²) in [5, 5.41) is 9.47. The van der Waals surface area contributed by atoms with Gasteiger partial charge in [-0.3, -0.25) is 4.79 Å². The Morgan fingerprint density at radius 2 is 2.24 bits per heavy atom. The minimum atomic E-state index is 0.0274. The molecule has 0 saturated carbocycles. The SMILES string of the molecule is Cc1cccc(CSCC(=O)N2CCCCCC2CO)c1. The molecule has 1 amide bonds. The van der Waals surface area contributed by atoms with Crippen molar-refractivity contribution in [2.75, 3.05) is 18.9 Å². The average Bonchev–Trinajstić information content (AvgIpc) is 2.72. The Hall–Kier alpha value is -1.00. The third-order valence-corrected chi connectivity index (χ3v) is 4.97. The van der Waals surface area contributed by atoms with E-state index in [2.05, 4.69) is 31.2 Å². The molecule has 1 saturated heterocycles. The first-order valence-electron chi connectivity index (χ1n) is 7.74. The Labute approximate surface area is 131 Å². The first-order chi connectivity index (χ1) is 10.2. The fraction of sp³-hybridized carbons (Fsp3) is 0.588. The van der Waals surface area contributed by atoms with Crippen LogP contribution in [0.15, 0.2) is 24.3 Å². The zero-order valence-corrected chi connectivity index (χ0v) is 13.6. The zero-order valence-electron chi connectivity index (χ0n) is 12.8. The van der Waals surface area contributed by atoms with Gasteiger partial charge >= 0.3 is 0 Å². The van der Waals surface area contributed by atoms with Crippen LogP contribution < -0.4 is 0 Å². The van der Waals surface area contributed by atoms with Crippen molar-refractivity contribution in [1.82, 2.24) is 4.90 Å². The monoisotopic (exact) mass is 307 g/mol. The summed E-state index contributed by atoms with van der Waals surface area (Å²) < 4.78 is 0. The van der Waals surface area contributed by atoms with Gasteiger partial charge in [0.05, 0.1) is 18.4 Å². The molecule has 1 aromatic rings. The summed E-state index contributed by atoms with van der Waals surface area (Å²) in [5.41, 5.74) is 2.52. The van der Waals surface area contributed by atoms with E-state index in [-0.39, 0.29) is 18.6 Å². The van der Waals surface area contributed by atoms with E-state index in [0.29, 0.717) is 5.75 Å². The predicted molar refractivity (Wildman–Crippen MR) is 88.4 cm³/mol. The summed E-state index contributed by atoms with van der Waals surface area (Å²) in [6.07, 6.45) is 4.28. The lowest BCUT2D eigenvalue weighted by atomic mass is 10.1. The zero-order chi connectivity index (χ0) is 15.1. The Morgan fingerprint density at radius 3 is 3.00 bits per heavy atom. The molecule has 4 heteroatoms. The molecule has 2 rings (SSSR count). The third-order valence-electron chi connectivity index (χ3n) is 3.98. The van der Waals surface area contributed by atoms with E-state index in [0.717, 1.165) is 38.0 Å². The van der Waals surface area contributed by atoms with E-state index in [4.69, 9.17) is 0 Å². The number of aryl methyl sites for hydroxylation is 1. The van der Waals surface area contributed by atoms with Crippen LogP contribution in [0, 0.1) is 6.92 Å². The van der Waals surface area contributed by atoms with Crippen molar-refractivity contribution < 1.29 is 9.90 Å².